The van der Waals surface area contributed by atoms with E-state index in [1.54, 1.807) is 0 Å². The zero-order chi connectivity index (χ0) is 10.3. The van der Waals surface area contributed by atoms with Crippen LogP contribution in [0.4, 0.5) is 0 Å². The Morgan fingerprint density at radius 2 is 2.27 bits per heavy atom. The fraction of sp³-hybridized carbons (Fsp3) is 0.750. The molecule has 1 aromatic heterocycles. The van der Waals surface area contributed by atoms with E-state index in [4.69, 9.17) is 0 Å². The van der Waals surface area contributed by atoms with Gasteiger partial charge in [-0.1, -0.05) is 6.42 Å². The van der Waals surface area contributed by atoms with Crippen LogP contribution < -0.4 is 5.32 Å². The van der Waals surface area contributed by atoms with Gasteiger partial charge < -0.3 is 9.88 Å². The summed E-state index contributed by atoms with van der Waals surface area (Å²) in [5.74, 6) is 2.10. The van der Waals surface area contributed by atoms with Gasteiger partial charge in [0, 0.05) is 30.4 Å². The molecule has 2 fully saturated rings. The van der Waals surface area contributed by atoms with Gasteiger partial charge in [-0.05, 0) is 32.7 Å². The molecule has 1 aromatic rings. The molecule has 1 saturated carbocycles. The number of nitrogens with zero attached hydrogens (tertiary/aromatic N) is 2. The van der Waals surface area contributed by atoms with E-state index in [-0.39, 0.29) is 0 Å². The van der Waals surface area contributed by atoms with Crippen LogP contribution in [-0.2, 0) is 0 Å². The van der Waals surface area contributed by atoms with Gasteiger partial charge in [0.2, 0.25) is 0 Å². The topological polar surface area (TPSA) is 29.9 Å². The minimum absolute atomic E-state index is 0.656. The van der Waals surface area contributed by atoms with E-state index in [9.17, 15) is 0 Å². The lowest BCUT2D eigenvalue weighted by Gasteiger charge is -2.28. The molecule has 1 aliphatic carbocycles. The van der Waals surface area contributed by atoms with Gasteiger partial charge >= 0.3 is 0 Å². The second-order valence-corrected chi connectivity index (χ2v) is 4.90. The summed E-state index contributed by atoms with van der Waals surface area (Å²) in [5, 5.41) is 3.44. The third kappa shape index (κ3) is 1.49. The third-order valence-corrected chi connectivity index (χ3v) is 3.88. The Labute approximate surface area is 90.9 Å². The largest absolute Gasteiger partial charge is 0.328 e. The highest BCUT2D eigenvalue weighted by atomic mass is 15.2. The predicted molar refractivity (Wildman–Crippen MR) is 60.1 cm³/mol. The lowest BCUT2D eigenvalue weighted by Crippen LogP contribution is -2.21. The Kier molecular flexibility index (Phi) is 2.28. The van der Waals surface area contributed by atoms with E-state index in [2.05, 4.69) is 21.8 Å². The summed E-state index contributed by atoms with van der Waals surface area (Å²) in [5.41, 5.74) is 1.34. The van der Waals surface area contributed by atoms with Crippen molar-refractivity contribution < 1.29 is 0 Å². The second-order valence-electron chi connectivity index (χ2n) is 4.90. The predicted octanol–water partition coefficient (Wildman–Crippen LogP) is 1.99. The Hall–Kier alpha value is -0.830. The molecule has 1 N–H and O–H groups in total. The van der Waals surface area contributed by atoms with Crippen LogP contribution in [0.3, 0.4) is 0 Å². The minimum atomic E-state index is 0.656. The highest BCUT2D eigenvalue weighted by Gasteiger charge is 2.28. The molecule has 3 heteroatoms. The summed E-state index contributed by atoms with van der Waals surface area (Å²) in [7, 11) is 0. The number of rotatable bonds is 2. The van der Waals surface area contributed by atoms with Crippen LogP contribution in [0.5, 0.6) is 0 Å². The fourth-order valence-corrected chi connectivity index (χ4v) is 2.77. The Morgan fingerprint density at radius 3 is 2.87 bits per heavy atom. The summed E-state index contributed by atoms with van der Waals surface area (Å²) >= 11 is 0. The SMILES string of the molecule is Cc1cnc(C2CCC2)n1C1CCNC1. The molecule has 2 heterocycles. The Bertz CT molecular complexity index is 346. The van der Waals surface area contributed by atoms with Crippen molar-refractivity contribution in [2.24, 2.45) is 0 Å². The van der Waals surface area contributed by atoms with Gasteiger partial charge in [-0.25, -0.2) is 4.98 Å². The van der Waals surface area contributed by atoms with Crippen LogP contribution in [0.15, 0.2) is 6.20 Å². The van der Waals surface area contributed by atoms with Crippen LogP contribution >= 0.6 is 0 Å². The van der Waals surface area contributed by atoms with Gasteiger partial charge in [-0.3, -0.25) is 0 Å². The maximum Gasteiger partial charge on any atom is 0.112 e. The molecule has 1 saturated heterocycles. The van der Waals surface area contributed by atoms with Crippen LogP contribution in [0, 0.1) is 6.92 Å². The van der Waals surface area contributed by atoms with E-state index in [1.807, 2.05) is 6.20 Å². The van der Waals surface area contributed by atoms with Gasteiger partial charge in [0.15, 0.2) is 0 Å². The highest BCUT2D eigenvalue weighted by Crippen LogP contribution is 2.37. The van der Waals surface area contributed by atoms with Crippen molar-refractivity contribution in [3.05, 3.63) is 17.7 Å². The molecule has 1 unspecified atom stereocenters. The lowest BCUT2D eigenvalue weighted by atomic mass is 9.84. The van der Waals surface area contributed by atoms with Gasteiger partial charge in [-0.2, -0.15) is 0 Å². The smallest absolute Gasteiger partial charge is 0.112 e. The summed E-state index contributed by atoms with van der Waals surface area (Å²) < 4.78 is 2.49. The van der Waals surface area contributed by atoms with Crippen LogP contribution in [-0.4, -0.2) is 22.6 Å². The molecule has 0 radical (unpaired) electrons. The first-order valence-corrected chi connectivity index (χ1v) is 6.10. The van der Waals surface area contributed by atoms with E-state index < -0.39 is 0 Å². The molecule has 1 aliphatic heterocycles. The molecular weight excluding hydrogens is 186 g/mol. The average molecular weight is 205 g/mol. The molecule has 0 amide bonds. The van der Waals surface area contributed by atoms with Crippen molar-refractivity contribution in [3.63, 3.8) is 0 Å². The van der Waals surface area contributed by atoms with Crippen molar-refractivity contribution in [1.29, 1.82) is 0 Å². The fourth-order valence-electron chi connectivity index (χ4n) is 2.77. The van der Waals surface area contributed by atoms with Crippen molar-refractivity contribution >= 4 is 0 Å². The average Bonchev–Trinajstić information content (AvgIpc) is 2.72. The molecule has 2 aliphatic rings. The van der Waals surface area contributed by atoms with Crippen LogP contribution in [0.2, 0.25) is 0 Å². The number of aryl methyl sites for hydroxylation is 1. The van der Waals surface area contributed by atoms with Gasteiger partial charge in [0.1, 0.15) is 5.82 Å². The quantitative estimate of drug-likeness (QED) is 0.800. The van der Waals surface area contributed by atoms with Gasteiger partial charge in [0.05, 0.1) is 0 Å². The minimum Gasteiger partial charge on any atom is -0.328 e. The number of aromatic nitrogens is 2. The number of hydrogen-bond donors (Lipinski definition) is 1. The number of nitrogens with one attached hydrogen (secondary N) is 1. The molecule has 15 heavy (non-hydrogen) atoms. The Balaban J connectivity index is 1.92. The molecule has 3 rings (SSSR count). The standard InChI is InChI=1S/C12H19N3/c1-9-7-14-12(10-3-2-4-10)15(9)11-5-6-13-8-11/h7,10-11,13H,2-6,8H2,1H3. The maximum atomic E-state index is 4.62. The second kappa shape index (κ2) is 3.63. The summed E-state index contributed by atoms with van der Waals surface area (Å²) in [6.07, 6.45) is 7.38. The lowest BCUT2D eigenvalue weighted by molar-refractivity contribution is 0.371. The van der Waals surface area contributed by atoms with Gasteiger partial charge in [-0.15, -0.1) is 0 Å². The van der Waals surface area contributed by atoms with E-state index in [0.717, 1.165) is 19.0 Å². The highest BCUT2D eigenvalue weighted by molar-refractivity contribution is 5.12. The molecule has 0 spiro atoms. The molecule has 82 valence electrons. The Morgan fingerprint density at radius 1 is 1.40 bits per heavy atom. The maximum absolute atomic E-state index is 4.62. The van der Waals surface area contributed by atoms with Crippen molar-refractivity contribution in [3.8, 4) is 0 Å². The first-order chi connectivity index (χ1) is 7.36. The number of imidazole rings is 1. The monoisotopic (exact) mass is 205 g/mol. The van der Waals surface area contributed by atoms with Crippen LogP contribution in [0.1, 0.15) is 49.2 Å². The van der Waals surface area contributed by atoms with Crippen molar-refractivity contribution in [2.75, 3.05) is 13.1 Å². The third-order valence-electron chi connectivity index (χ3n) is 3.88. The summed E-state index contributed by atoms with van der Waals surface area (Å²) in [6.45, 7) is 4.47. The van der Waals surface area contributed by atoms with E-state index in [1.165, 1.54) is 37.2 Å². The molecule has 0 aromatic carbocycles. The summed E-state index contributed by atoms with van der Waals surface area (Å²) in [6, 6.07) is 0.656. The van der Waals surface area contributed by atoms with Crippen molar-refractivity contribution in [1.82, 2.24) is 14.9 Å². The van der Waals surface area contributed by atoms with Crippen molar-refractivity contribution in [2.45, 2.75) is 44.6 Å². The van der Waals surface area contributed by atoms with Crippen LogP contribution in [0.25, 0.3) is 0 Å². The zero-order valence-electron chi connectivity index (χ0n) is 9.37. The molecule has 3 nitrogen and oxygen atoms in total. The first kappa shape index (κ1) is 9.40. The number of hydrogen-bond acceptors (Lipinski definition) is 2. The van der Waals surface area contributed by atoms with Gasteiger partial charge in [0.25, 0.3) is 0 Å². The normalized spacial score (nSPS) is 26.9. The zero-order valence-corrected chi connectivity index (χ0v) is 9.37. The van der Waals surface area contributed by atoms with E-state index >= 15 is 0 Å². The summed E-state index contributed by atoms with van der Waals surface area (Å²) in [4.78, 5) is 4.62. The molecule has 1 atom stereocenters. The molecule has 0 bridgehead atoms. The molecular formula is C12H19N3. The van der Waals surface area contributed by atoms with E-state index in [0.29, 0.717) is 6.04 Å². The first-order valence-electron chi connectivity index (χ1n) is 6.10.